The van der Waals surface area contributed by atoms with E-state index in [1.54, 1.807) is 35.6 Å². The van der Waals surface area contributed by atoms with Gasteiger partial charge in [0.1, 0.15) is 18.2 Å². The summed E-state index contributed by atoms with van der Waals surface area (Å²) in [6, 6.07) is 100. The van der Waals surface area contributed by atoms with E-state index >= 15 is 0 Å². The third-order valence-electron chi connectivity index (χ3n) is 21.7. The lowest BCUT2D eigenvalue weighted by Crippen LogP contribution is -2.15. The van der Waals surface area contributed by atoms with Crippen LogP contribution in [0.4, 0.5) is 17.1 Å². The third-order valence-corrected chi connectivity index (χ3v) is 22.9. The van der Waals surface area contributed by atoms with Gasteiger partial charge >= 0.3 is 0 Å². The Bertz CT molecular complexity index is 7550. The highest BCUT2D eigenvalue weighted by Gasteiger charge is 2.39. The molecule has 0 bridgehead atoms. The highest BCUT2D eigenvalue weighted by molar-refractivity contribution is 7.26. The molecule has 0 radical (unpaired) electrons. The Kier molecular flexibility index (Phi) is 14.2. The summed E-state index contributed by atoms with van der Waals surface area (Å²) in [7, 11) is 0. The van der Waals surface area contributed by atoms with Crippen LogP contribution in [0.25, 0.3) is 178 Å². The summed E-state index contributed by atoms with van der Waals surface area (Å²) in [5.41, 5.74) is 17.5. The van der Waals surface area contributed by atoms with E-state index in [4.69, 9.17) is 19.7 Å². The molecule has 5 heterocycles. The number of hydrogen-bond acceptors (Lipinski definition) is 6. The van der Waals surface area contributed by atoms with Crippen LogP contribution in [0.15, 0.2) is 267 Å². The summed E-state index contributed by atoms with van der Waals surface area (Å²) < 4.78 is 10.6. The maximum atomic E-state index is 11.0. The van der Waals surface area contributed by atoms with Crippen LogP contribution in [0.5, 0.6) is 0 Å². The summed E-state index contributed by atoms with van der Waals surface area (Å²) >= 11 is 1.76. The monoisotopic (exact) mass is 1390 g/mol. The molecule has 1 aliphatic carbocycles. The van der Waals surface area contributed by atoms with Gasteiger partial charge in [-0.2, -0.15) is 26.3 Å². The Morgan fingerprint density at radius 3 is 1.37 bits per heavy atom. The van der Waals surface area contributed by atoms with Crippen LogP contribution in [0.1, 0.15) is 52.8 Å². The van der Waals surface area contributed by atoms with Crippen molar-refractivity contribution in [3.8, 4) is 86.5 Å². The number of thiophene rings is 1. The number of hydrogen-bond donors (Lipinski definition) is 0. The first-order chi connectivity index (χ1) is 53.1. The van der Waals surface area contributed by atoms with Crippen molar-refractivity contribution in [2.75, 3.05) is 0 Å². The van der Waals surface area contributed by atoms with E-state index in [-0.39, 0.29) is 44.7 Å². The predicted octanol–water partition coefficient (Wildman–Crippen LogP) is 24.8. The van der Waals surface area contributed by atoms with Crippen LogP contribution in [-0.4, -0.2) is 18.3 Å². The molecule has 108 heavy (non-hydrogen) atoms. The molecular formula is C95H50N12S. The van der Waals surface area contributed by atoms with Gasteiger partial charge in [-0.25, -0.2) is 14.5 Å². The summed E-state index contributed by atoms with van der Waals surface area (Å²) in [5.74, 6) is 0. The minimum Gasteiger partial charge on any atom is -0.329 e. The van der Waals surface area contributed by atoms with Crippen molar-refractivity contribution in [2.45, 2.75) is 19.3 Å². The zero-order valence-corrected chi connectivity index (χ0v) is 58.5. The Labute approximate surface area is 622 Å². The van der Waals surface area contributed by atoms with Crippen molar-refractivity contribution in [3.63, 3.8) is 0 Å². The van der Waals surface area contributed by atoms with Gasteiger partial charge in [-0.15, -0.1) is 11.3 Å². The highest BCUT2D eigenvalue weighted by atomic mass is 32.1. The number of rotatable bonds is 6. The third kappa shape index (κ3) is 8.81. The van der Waals surface area contributed by atoms with Crippen molar-refractivity contribution < 1.29 is 0 Å². The van der Waals surface area contributed by atoms with Crippen molar-refractivity contribution in [1.29, 1.82) is 26.3 Å². The fourth-order valence-corrected chi connectivity index (χ4v) is 18.5. The lowest BCUT2D eigenvalue weighted by molar-refractivity contribution is 0.666. The molecule has 13 heteroatoms. The van der Waals surface area contributed by atoms with Gasteiger partial charge in [0.2, 0.25) is 17.1 Å². The number of fused-ring (bicyclic) bond motifs is 20. The zero-order valence-electron chi connectivity index (χ0n) is 57.7. The number of para-hydroxylation sites is 7. The van der Waals surface area contributed by atoms with Gasteiger partial charge in [-0.05, 0) is 118 Å². The van der Waals surface area contributed by atoms with Crippen LogP contribution < -0.4 is 0 Å². The number of nitriles is 5. The zero-order chi connectivity index (χ0) is 73.4. The first kappa shape index (κ1) is 63.4. The molecule has 0 saturated carbocycles. The molecular weight excluding hydrogens is 1340 g/mol. The standard InChI is InChI=1S/C49H28N6.C46H22N6S/c1-49(2)39-16-8-4-12-31(39)34-23-24-43-45(46(34)49)36-15-7-11-19-42(36)55(43)48-35(21-20-29(26-50)37(48)27-51)30-22-25-44(47(53-3)38(30)28-52)54-40-17-9-5-13-32(40)33-14-6-10-18-41(33)54;1-49-35-24-33(34(26-48)44(50-2)46(35)51-36-18-7-3-13-28(36)29-14-4-8-19-37(29)51)30-17-11-12-27(25-47)45(30)52-38-20-9-5-15-31(38)42-39(52)22-23-41-43(42)32-16-6-10-21-40(32)53-41/h4-25H,1-2H3;3-24H. The van der Waals surface area contributed by atoms with Gasteiger partial charge in [-0.1, -0.05) is 196 Å². The van der Waals surface area contributed by atoms with Gasteiger partial charge in [0.05, 0.1) is 127 Å². The molecule has 20 rings (SSSR count). The molecule has 0 saturated heterocycles. The first-order valence-electron chi connectivity index (χ1n) is 34.9. The fourth-order valence-electron chi connectivity index (χ4n) is 17.4. The van der Waals surface area contributed by atoms with Crippen LogP contribution in [0.2, 0.25) is 0 Å². The van der Waals surface area contributed by atoms with Crippen molar-refractivity contribution in [2.24, 2.45) is 0 Å². The van der Waals surface area contributed by atoms with E-state index in [2.05, 4.69) is 176 Å². The van der Waals surface area contributed by atoms with Crippen molar-refractivity contribution in [3.05, 3.63) is 340 Å². The largest absolute Gasteiger partial charge is 0.329 e. The second kappa shape index (κ2) is 24.3. The number of nitrogens with zero attached hydrogens (tertiary/aromatic N) is 12. The molecule has 496 valence electrons. The van der Waals surface area contributed by atoms with E-state index in [0.717, 1.165) is 92.6 Å². The average Bonchev–Trinajstić information content (AvgIpc) is 1.51. The molecule has 19 aromatic rings. The lowest BCUT2D eigenvalue weighted by Gasteiger charge is -2.23. The van der Waals surface area contributed by atoms with Crippen LogP contribution in [-0.2, 0) is 5.41 Å². The van der Waals surface area contributed by atoms with Gasteiger partial charge in [0.25, 0.3) is 0 Å². The van der Waals surface area contributed by atoms with E-state index in [0.29, 0.717) is 50.6 Å². The Morgan fingerprint density at radius 2 is 0.778 bits per heavy atom. The summed E-state index contributed by atoms with van der Waals surface area (Å²) in [6.07, 6.45) is 0. The average molecular weight is 1390 g/mol. The predicted molar refractivity (Wildman–Crippen MR) is 434 cm³/mol. The van der Waals surface area contributed by atoms with E-state index in [1.165, 1.54) is 37.0 Å². The summed E-state index contributed by atoms with van der Waals surface area (Å²) in [4.78, 5) is 12.0. The summed E-state index contributed by atoms with van der Waals surface area (Å²) in [6.45, 7) is 29.9. The fraction of sp³-hybridized carbons (Fsp3) is 0.0316. The maximum absolute atomic E-state index is 11.0. The highest BCUT2D eigenvalue weighted by Crippen LogP contribution is 2.55. The number of benzene rings is 14. The van der Waals surface area contributed by atoms with E-state index in [1.807, 2.05) is 144 Å². The van der Waals surface area contributed by atoms with Crippen molar-refractivity contribution in [1.82, 2.24) is 18.3 Å². The quantitative estimate of drug-likeness (QED) is 0.152. The van der Waals surface area contributed by atoms with Crippen LogP contribution in [0, 0.1) is 76.4 Å². The molecule has 0 aliphatic heterocycles. The second-order valence-corrected chi connectivity index (χ2v) is 28.4. The second-order valence-electron chi connectivity index (χ2n) is 27.3. The Morgan fingerprint density at radius 1 is 0.315 bits per heavy atom. The topological polar surface area (TPSA) is 152 Å². The summed E-state index contributed by atoms with van der Waals surface area (Å²) in [5, 5.41) is 64.4. The van der Waals surface area contributed by atoms with Crippen LogP contribution >= 0.6 is 11.3 Å². The van der Waals surface area contributed by atoms with Gasteiger partial charge in [0.15, 0.2) is 0 Å². The molecule has 14 aromatic carbocycles. The maximum Gasteiger partial charge on any atom is 0.228 e. The lowest BCUT2D eigenvalue weighted by atomic mass is 9.80. The number of aromatic nitrogens is 4. The minimum atomic E-state index is -0.309. The Hall–Kier alpha value is -15.6. The SMILES string of the molecule is [C-]#[N+]c1c(-n2c3ccccc3c3ccccc32)ccc(-c2ccc(C#N)c(C#N)c2-n2c3ccccc3c3c4c(ccc32)-c2ccccc2C4(C)C)c1C#N.[C-]#[N+]c1cc(-c2cccc(C#N)c2-n2c3ccccc3c3c4c(ccc32)sc2ccccc24)c(C#N)c([N+]#[C-])c1-n1c2ccccc2c2ccccc21. The molecule has 5 aromatic heterocycles. The van der Waals surface area contributed by atoms with E-state index in [9.17, 15) is 26.3 Å². The van der Waals surface area contributed by atoms with Crippen molar-refractivity contribution >= 4 is 136 Å². The molecule has 0 amide bonds. The molecule has 1 aliphatic rings. The van der Waals surface area contributed by atoms with Gasteiger partial charge in [0, 0.05) is 79.8 Å². The smallest absolute Gasteiger partial charge is 0.228 e. The molecule has 12 nitrogen and oxygen atoms in total. The van der Waals surface area contributed by atoms with Gasteiger partial charge in [-0.3, -0.25) is 0 Å². The van der Waals surface area contributed by atoms with Crippen LogP contribution in [0.3, 0.4) is 0 Å². The van der Waals surface area contributed by atoms with Gasteiger partial charge < -0.3 is 18.3 Å². The molecule has 0 fully saturated rings. The molecule has 0 atom stereocenters. The van der Waals surface area contributed by atoms with E-state index < -0.39 is 0 Å². The molecule has 0 spiro atoms. The molecule has 0 unspecified atom stereocenters. The minimum absolute atomic E-state index is 0.0875. The Balaban J connectivity index is 0.000000147. The molecule has 0 N–H and O–H groups in total. The first-order valence-corrected chi connectivity index (χ1v) is 35.7. The normalized spacial score (nSPS) is 12.0.